The summed E-state index contributed by atoms with van der Waals surface area (Å²) < 4.78 is 5.27. The van der Waals surface area contributed by atoms with Crippen LogP contribution in [0.2, 0.25) is 0 Å². The van der Waals surface area contributed by atoms with Crippen molar-refractivity contribution in [2.24, 2.45) is 5.73 Å². The Labute approximate surface area is 111 Å². The monoisotopic (exact) mass is 263 g/mol. The molecule has 0 aliphatic carbocycles. The minimum atomic E-state index is -0.642. The van der Waals surface area contributed by atoms with Gasteiger partial charge in [0.25, 0.3) is 11.8 Å². The van der Waals surface area contributed by atoms with E-state index in [0.717, 1.165) is 12.8 Å². The predicted molar refractivity (Wildman–Crippen MR) is 68.7 cm³/mol. The van der Waals surface area contributed by atoms with Crippen molar-refractivity contribution < 1.29 is 14.3 Å². The molecule has 1 aromatic heterocycles. The largest absolute Gasteiger partial charge is 0.381 e. The van der Waals surface area contributed by atoms with Crippen molar-refractivity contribution in [1.29, 1.82) is 0 Å². The van der Waals surface area contributed by atoms with Gasteiger partial charge in [-0.05, 0) is 25.0 Å². The van der Waals surface area contributed by atoms with E-state index in [1.54, 1.807) is 18.0 Å². The molecule has 102 valence electrons. The molecule has 0 bridgehead atoms. The van der Waals surface area contributed by atoms with Crippen LogP contribution in [0.4, 0.5) is 0 Å². The van der Waals surface area contributed by atoms with Gasteiger partial charge in [0.1, 0.15) is 5.69 Å². The first-order valence-corrected chi connectivity index (χ1v) is 6.21. The molecule has 0 saturated carbocycles. The Kier molecular flexibility index (Phi) is 4.11. The highest BCUT2D eigenvalue weighted by Gasteiger charge is 2.26. The molecule has 1 fully saturated rings. The van der Waals surface area contributed by atoms with E-state index >= 15 is 0 Å². The van der Waals surface area contributed by atoms with Crippen LogP contribution in [-0.4, -0.2) is 48.0 Å². The number of hydrogen-bond acceptors (Lipinski definition) is 4. The summed E-state index contributed by atoms with van der Waals surface area (Å²) >= 11 is 0. The van der Waals surface area contributed by atoms with E-state index in [2.05, 4.69) is 4.98 Å². The van der Waals surface area contributed by atoms with Gasteiger partial charge >= 0.3 is 0 Å². The standard InChI is InChI=1S/C13H17N3O3/c1-16(9-4-7-19-8-5-9)13(18)11-10(12(14)17)3-2-6-15-11/h2-3,6,9H,4-5,7-8H2,1H3,(H2,14,17). The maximum atomic E-state index is 12.4. The Bertz CT molecular complexity index is 484. The average Bonchev–Trinajstić information content (AvgIpc) is 2.46. The molecule has 19 heavy (non-hydrogen) atoms. The first-order valence-electron chi connectivity index (χ1n) is 6.21. The fourth-order valence-corrected chi connectivity index (χ4v) is 2.18. The molecule has 2 N–H and O–H groups in total. The fraction of sp³-hybridized carbons (Fsp3) is 0.462. The second-order valence-corrected chi connectivity index (χ2v) is 4.52. The molecule has 0 aromatic carbocycles. The van der Waals surface area contributed by atoms with Gasteiger partial charge in [-0.25, -0.2) is 0 Å². The number of aromatic nitrogens is 1. The van der Waals surface area contributed by atoms with Crippen LogP contribution in [0.3, 0.4) is 0 Å². The van der Waals surface area contributed by atoms with Crippen molar-refractivity contribution in [3.63, 3.8) is 0 Å². The number of amides is 2. The smallest absolute Gasteiger partial charge is 0.273 e. The van der Waals surface area contributed by atoms with Crippen molar-refractivity contribution in [1.82, 2.24) is 9.88 Å². The van der Waals surface area contributed by atoms with Gasteiger partial charge in [0.15, 0.2) is 0 Å². The van der Waals surface area contributed by atoms with Gasteiger partial charge in [0.2, 0.25) is 0 Å². The molecule has 6 heteroatoms. The minimum Gasteiger partial charge on any atom is -0.381 e. The number of rotatable bonds is 3. The van der Waals surface area contributed by atoms with Gasteiger partial charge in [-0.1, -0.05) is 0 Å². The molecule has 2 heterocycles. The molecule has 1 aromatic rings. The number of primary amides is 1. The summed E-state index contributed by atoms with van der Waals surface area (Å²) in [4.78, 5) is 29.3. The van der Waals surface area contributed by atoms with Crippen LogP contribution in [-0.2, 0) is 4.74 Å². The summed E-state index contributed by atoms with van der Waals surface area (Å²) in [7, 11) is 1.72. The maximum Gasteiger partial charge on any atom is 0.273 e. The van der Waals surface area contributed by atoms with E-state index in [-0.39, 0.29) is 23.2 Å². The molecule has 0 radical (unpaired) electrons. The highest BCUT2D eigenvalue weighted by molar-refractivity contribution is 6.05. The maximum absolute atomic E-state index is 12.4. The number of nitrogens with zero attached hydrogens (tertiary/aromatic N) is 2. The van der Waals surface area contributed by atoms with Crippen LogP contribution in [0, 0.1) is 0 Å². The normalized spacial score (nSPS) is 16.1. The molecule has 2 rings (SSSR count). The van der Waals surface area contributed by atoms with Gasteiger partial charge in [0, 0.05) is 32.5 Å². The number of carbonyl (C=O) groups is 2. The van der Waals surface area contributed by atoms with Gasteiger partial charge in [-0.2, -0.15) is 0 Å². The lowest BCUT2D eigenvalue weighted by Crippen LogP contribution is -2.41. The first kappa shape index (κ1) is 13.5. The zero-order valence-electron chi connectivity index (χ0n) is 10.8. The van der Waals surface area contributed by atoms with Gasteiger partial charge in [-0.3, -0.25) is 14.6 Å². The van der Waals surface area contributed by atoms with Crippen LogP contribution >= 0.6 is 0 Å². The summed E-state index contributed by atoms with van der Waals surface area (Å²) in [6.07, 6.45) is 3.07. The topological polar surface area (TPSA) is 85.5 Å². The summed E-state index contributed by atoms with van der Waals surface area (Å²) in [6.45, 7) is 1.29. The van der Waals surface area contributed by atoms with Crippen LogP contribution < -0.4 is 5.73 Å². The van der Waals surface area contributed by atoms with E-state index < -0.39 is 5.91 Å². The van der Waals surface area contributed by atoms with Crippen molar-refractivity contribution in [2.75, 3.05) is 20.3 Å². The Hall–Kier alpha value is -1.95. The van der Waals surface area contributed by atoms with Crippen LogP contribution in [0.1, 0.15) is 33.7 Å². The molecule has 6 nitrogen and oxygen atoms in total. The quantitative estimate of drug-likeness (QED) is 0.857. The lowest BCUT2D eigenvalue weighted by Gasteiger charge is -2.31. The van der Waals surface area contributed by atoms with Crippen molar-refractivity contribution >= 4 is 11.8 Å². The number of ether oxygens (including phenoxy) is 1. The molecule has 0 atom stereocenters. The highest BCUT2D eigenvalue weighted by atomic mass is 16.5. The van der Waals surface area contributed by atoms with Crippen molar-refractivity contribution in [3.05, 3.63) is 29.6 Å². The minimum absolute atomic E-state index is 0.115. The zero-order chi connectivity index (χ0) is 13.8. The Balaban J connectivity index is 2.21. The number of hydrogen-bond donors (Lipinski definition) is 1. The summed E-state index contributed by atoms with van der Waals surface area (Å²) in [5.41, 5.74) is 5.53. The van der Waals surface area contributed by atoms with E-state index in [1.807, 2.05) is 0 Å². The molecular weight excluding hydrogens is 246 g/mol. The second kappa shape index (κ2) is 5.79. The predicted octanol–water partition coefficient (Wildman–Crippen LogP) is 0.431. The van der Waals surface area contributed by atoms with Gasteiger partial charge < -0.3 is 15.4 Å². The van der Waals surface area contributed by atoms with E-state index in [4.69, 9.17) is 10.5 Å². The fourth-order valence-electron chi connectivity index (χ4n) is 2.18. The summed E-state index contributed by atoms with van der Waals surface area (Å²) in [5, 5.41) is 0. The third-order valence-corrected chi connectivity index (χ3v) is 3.33. The first-order chi connectivity index (χ1) is 9.11. The molecule has 1 saturated heterocycles. The second-order valence-electron chi connectivity index (χ2n) is 4.52. The Morgan fingerprint density at radius 2 is 2.11 bits per heavy atom. The van der Waals surface area contributed by atoms with Crippen molar-refractivity contribution in [3.8, 4) is 0 Å². The molecule has 1 aliphatic heterocycles. The van der Waals surface area contributed by atoms with Gasteiger partial charge in [-0.15, -0.1) is 0 Å². The molecule has 1 aliphatic rings. The molecular formula is C13H17N3O3. The summed E-state index contributed by atoms with van der Waals surface area (Å²) in [6, 6.07) is 3.22. The van der Waals surface area contributed by atoms with E-state index in [1.165, 1.54) is 12.3 Å². The highest BCUT2D eigenvalue weighted by Crippen LogP contribution is 2.16. The average molecular weight is 263 g/mol. The third kappa shape index (κ3) is 2.90. The lowest BCUT2D eigenvalue weighted by atomic mass is 10.1. The van der Waals surface area contributed by atoms with Crippen LogP contribution in [0.5, 0.6) is 0 Å². The van der Waals surface area contributed by atoms with Crippen molar-refractivity contribution in [2.45, 2.75) is 18.9 Å². The van der Waals surface area contributed by atoms with Gasteiger partial charge in [0.05, 0.1) is 5.56 Å². The molecule has 2 amide bonds. The van der Waals surface area contributed by atoms with E-state index in [0.29, 0.717) is 13.2 Å². The van der Waals surface area contributed by atoms with Crippen LogP contribution in [0.25, 0.3) is 0 Å². The third-order valence-electron chi connectivity index (χ3n) is 3.33. The zero-order valence-corrected chi connectivity index (χ0v) is 10.8. The lowest BCUT2D eigenvalue weighted by molar-refractivity contribution is 0.0357. The molecule has 0 unspecified atom stereocenters. The Morgan fingerprint density at radius 3 is 2.74 bits per heavy atom. The Morgan fingerprint density at radius 1 is 1.42 bits per heavy atom. The number of pyridine rings is 1. The van der Waals surface area contributed by atoms with Crippen LogP contribution in [0.15, 0.2) is 18.3 Å². The summed E-state index contributed by atoms with van der Waals surface area (Å²) in [5.74, 6) is -0.918. The SMILES string of the molecule is CN(C(=O)c1ncccc1C(N)=O)C1CCOCC1. The van der Waals surface area contributed by atoms with E-state index in [9.17, 15) is 9.59 Å². The number of carbonyl (C=O) groups excluding carboxylic acids is 2. The number of nitrogens with two attached hydrogens (primary N) is 1. The molecule has 0 spiro atoms.